The summed E-state index contributed by atoms with van der Waals surface area (Å²) in [6.45, 7) is 5.32. The minimum Gasteiger partial charge on any atom is -0.383 e. The minimum atomic E-state index is -3.53. The third kappa shape index (κ3) is 6.88. The summed E-state index contributed by atoms with van der Waals surface area (Å²) in [7, 11) is -3.53. The fourth-order valence-electron chi connectivity index (χ4n) is 2.41. The molecule has 136 valence electrons. The normalized spacial score (nSPS) is 11.5. The monoisotopic (exact) mass is 381 g/mol. The molecule has 0 aliphatic rings. The van der Waals surface area contributed by atoms with E-state index in [1.165, 1.54) is 0 Å². The number of amides is 1. The van der Waals surface area contributed by atoms with Crippen LogP contribution in [0, 0.1) is 5.92 Å². The molecule has 0 aliphatic heterocycles. The highest BCUT2D eigenvalue weighted by molar-refractivity contribution is 7.86. The predicted octanol–water partition coefficient (Wildman–Crippen LogP) is 3.31. The van der Waals surface area contributed by atoms with Crippen LogP contribution in [0.15, 0.2) is 41.8 Å². The molecular weight excluding hydrogens is 358 g/mol. The molecule has 2 rings (SSSR count). The summed E-state index contributed by atoms with van der Waals surface area (Å²) in [5, 5.41) is 1.97. The van der Waals surface area contributed by atoms with Crippen LogP contribution in [-0.4, -0.2) is 32.0 Å². The Morgan fingerprint density at radius 3 is 2.40 bits per heavy atom. The van der Waals surface area contributed by atoms with Crippen molar-refractivity contribution in [1.29, 1.82) is 0 Å². The molecule has 7 heteroatoms. The summed E-state index contributed by atoms with van der Waals surface area (Å²) in [4.78, 5) is 15.5. The van der Waals surface area contributed by atoms with E-state index in [1.807, 2.05) is 22.4 Å². The van der Waals surface area contributed by atoms with Crippen molar-refractivity contribution in [2.45, 2.75) is 26.8 Å². The number of carbonyl (C=O) groups excluding carboxylic acids is 1. The van der Waals surface area contributed by atoms with Crippen LogP contribution in [0.25, 0.3) is 0 Å². The van der Waals surface area contributed by atoms with Crippen LogP contribution >= 0.6 is 11.3 Å². The van der Waals surface area contributed by atoms with Gasteiger partial charge in [-0.15, -0.1) is 11.3 Å². The summed E-state index contributed by atoms with van der Waals surface area (Å²) in [6.07, 6.45) is 1.41. The molecule has 0 spiro atoms. The lowest BCUT2D eigenvalue weighted by molar-refractivity contribution is -0.131. The van der Waals surface area contributed by atoms with Gasteiger partial charge in [0, 0.05) is 18.0 Å². The van der Waals surface area contributed by atoms with E-state index in [-0.39, 0.29) is 11.7 Å². The molecule has 0 N–H and O–H groups in total. The van der Waals surface area contributed by atoms with E-state index in [0.717, 1.165) is 16.7 Å². The second kappa shape index (κ2) is 8.49. The van der Waals surface area contributed by atoms with Gasteiger partial charge in [0.15, 0.2) is 0 Å². The third-order valence-corrected chi connectivity index (χ3v) is 4.76. The number of hydrogen-bond acceptors (Lipinski definition) is 5. The topological polar surface area (TPSA) is 63.7 Å². The molecule has 0 bridgehead atoms. The van der Waals surface area contributed by atoms with E-state index in [9.17, 15) is 13.2 Å². The Balaban J connectivity index is 2.06. The summed E-state index contributed by atoms with van der Waals surface area (Å²) in [6, 6.07) is 10.7. The fourth-order valence-corrected chi connectivity index (χ4v) is 3.57. The van der Waals surface area contributed by atoms with E-state index in [0.29, 0.717) is 25.4 Å². The molecule has 0 atom stereocenters. The van der Waals surface area contributed by atoms with Crippen LogP contribution < -0.4 is 4.18 Å². The molecule has 25 heavy (non-hydrogen) atoms. The molecular formula is C18H23NO4S2. The van der Waals surface area contributed by atoms with Crippen molar-refractivity contribution < 1.29 is 17.4 Å². The Morgan fingerprint density at radius 2 is 1.88 bits per heavy atom. The second-order valence-electron chi connectivity index (χ2n) is 6.36. The predicted molar refractivity (Wildman–Crippen MR) is 100 cm³/mol. The first-order valence-corrected chi connectivity index (χ1v) is 10.7. The maximum absolute atomic E-state index is 12.6. The lowest BCUT2D eigenvalue weighted by atomic mass is 10.1. The number of nitrogens with zero attached hydrogens (tertiary/aromatic N) is 1. The van der Waals surface area contributed by atoms with E-state index < -0.39 is 10.1 Å². The Morgan fingerprint density at radius 1 is 1.20 bits per heavy atom. The Bertz CT molecular complexity index is 781. The highest BCUT2D eigenvalue weighted by Crippen LogP contribution is 2.17. The number of benzene rings is 1. The van der Waals surface area contributed by atoms with Crippen molar-refractivity contribution in [2.24, 2.45) is 5.92 Å². The van der Waals surface area contributed by atoms with E-state index in [1.54, 1.807) is 35.6 Å². The fraction of sp³-hybridized carbons (Fsp3) is 0.389. The number of thiophene rings is 1. The quantitative estimate of drug-likeness (QED) is 0.658. The molecule has 1 aromatic heterocycles. The van der Waals surface area contributed by atoms with Gasteiger partial charge in [0.25, 0.3) is 0 Å². The van der Waals surface area contributed by atoms with Gasteiger partial charge in [-0.3, -0.25) is 4.79 Å². The molecule has 0 radical (unpaired) electrons. The van der Waals surface area contributed by atoms with Gasteiger partial charge in [-0.1, -0.05) is 32.0 Å². The van der Waals surface area contributed by atoms with E-state index in [4.69, 9.17) is 4.18 Å². The zero-order chi connectivity index (χ0) is 18.4. The number of hydrogen-bond donors (Lipinski definition) is 0. The summed E-state index contributed by atoms with van der Waals surface area (Å²) in [5.41, 5.74) is 0.932. The SMILES string of the molecule is CC(C)CN(Cc1ccc(OS(C)(=O)=O)cc1)C(=O)Cc1cccs1. The average molecular weight is 382 g/mol. The molecule has 1 amide bonds. The van der Waals surface area contributed by atoms with Gasteiger partial charge in [0.1, 0.15) is 5.75 Å². The molecule has 0 aliphatic carbocycles. The van der Waals surface area contributed by atoms with Gasteiger partial charge in [0.05, 0.1) is 12.7 Å². The second-order valence-corrected chi connectivity index (χ2v) is 8.96. The first kappa shape index (κ1) is 19.5. The first-order valence-electron chi connectivity index (χ1n) is 8.01. The molecule has 0 fully saturated rings. The van der Waals surface area contributed by atoms with E-state index >= 15 is 0 Å². The van der Waals surface area contributed by atoms with Crippen LogP contribution in [0.5, 0.6) is 5.75 Å². The van der Waals surface area contributed by atoms with Gasteiger partial charge in [0.2, 0.25) is 5.91 Å². The van der Waals surface area contributed by atoms with Gasteiger partial charge in [-0.25, -0.2) is 0 Å². The highest BCUT2D eigenvalue weighted by Gasteiger charge is 2.16. The standard InChI is InChI=1S/C18H23NO4S2/c1-14(2)12-19(18(20)11-17-5-4-10-24-17)13-15-6-8-16(9-7-15)23-25(3,21)22/h4-10,14H,11-13H2,1-3H3. The van der Waals surface area contributed by atoms with Crippen LogP contribution in [0.1, 0.15) is 24.3 Å². The zero-order valence-corrected chi connectivity index (χ0v) is 16.3. The summed E-state index contributed by atoms with van der Waals surface area (Å²) < 4.78 is 27.1. The molecule has 5 nitrogen and oxygen atoms in total. The highest BCUT2D eigenvalue weighted by atomic mass is 32.2. The van der Waals surface area contributed by atoms with Crippen LogP contribution in [0.2, 0.25) is 0 Å². The average Bonchev–Trinajstić information content (AvgIpc) is 2.99. The van der Waals surface area contributed by atoms with E-state index in [2.05, 4.69) is 13.8 Å². The van der Waals surface area contributed by atoms with Gasteiger partial charge >= 0.3 is 10.1 Å². The van der Waals surface area contributed by atoms with Gasteiger partial charge in [-0.2, -0.15) is 8.42 Å². The molecule has 1 heterocycles. The lowest BCUT2D eigenvalue weighted by Gasteiger charge is -2.25. The van der Waals surface area contributed by atoms with Crippen molar-refractivity contribution >= 4 is 27.4 Å². The summed E-state index contributed by atoms with van der Waals surface area (Å²) >= 11 is 1.58. The molecule has 0 saturated carbocycles. The van der Waals surface area contributed by atoms with Gasteiger partial charge < -0.3 is 9.08 Å². The smallest absolute Gasteiger partial charge is 0.306 e. The van der Waals surface area contributed by atoms with Gasteiger partial charge in [-0.05, 0) is 35.1 Å². The largest absolute Gasteiger partial charge is 0.383 e. The number of rotatable bonds is 8. The van der Waals surface area contributed by atoms with Crippen molar-refractivity contribution in [3.8, 4) is 5.75 Å². The van der Waals surface area contributed by atoms with Crippen molar-refractivity contribution in [3.05, 3.63) is 52.2 Å². The van der Waals surface area contributed by atoms with Crippen molar-refractivity contribution in [1.82, 2.24) is 4.90 Å². The molecule has 1 aromatic carbocycles. The van der Waals surface area contributed by atoms with Crippen LogP contribution in [0.4, 0.5) is 0 Å². The first-order chi connectivity index (χ1) is 11.7. The zero-order valence-electron chi connectivity index (χ0n) is 14.6. The Kier molecular flexibility index (Phi) is 6.61. The molecule has 0 saturated heterocycles. The molecule has 2 aromatic rings. The Hall–Kier alpha value is -1.86. The molecule has 0 unspecified atom stereocenters. The lowest BCUT2D eigenvalue weighted by Crippen LogP contribution is -2.34. The van der Waals surface area contributed by atoms with Crippen LogP contribution in [-0.2, 0) is 27.9 Å². The number of carbonyl (C=O) groups is 1. The van der Waals surface area contributed by atoms with Crippen molar-refractivity contribution in [2.75, 3.05) is 12.8 Å². The summed E-state index contributed by atoms with van der Waals surface area (Å²) in [5.74, 6) is 0.722. The maximum atomic E-state index is 12.6. The third-order valence-electron chi connectivity index (χ3n) is 3.39. The maximum Gasteiger partial charge on any atom is 0.306 e. The van der Waals surface area contributed by atoms with Crippen molar-refractivity contribution in [3.63, 3.8) is 0 Å². The Labute approximate surface area is 153 Å². The van der Waals surface area contributed by atoms with Crippen LogP contribution in [0.3, 0.4) is 0 Å². The minimum absolute atomic E-state index is 0.0904.